The molecule has 1 aliphatic heterocycles. The minimum atomic E-state index is -2.00. The van der Waals surface area contributed by atoms with E-state index < -0.39 is 23.5 Å². The number of nitrogens with one attached hydrogen (secondary N) is 2. The van der Waals surface area contributed by atoms with Crippen LogP contribution in [0.15, 0.2) is 65.1 Å². The second-order valence-electron chi connectivity index (χ2n) is 7.37. The molecule has 0 fully saturated rings. The van der Waals surface area contributed by atoms with Gasteiger partial charge < -0.3 is 14.8 Å². The third-order valence-electron chi connectivity index (χ3n) is 5.52. The summed E-state index contributed by atoms with van der Waals surface area (Å²) in [6.45, 7) is 0. The zero-order valence-electron chi connectivity index (χ0n) is 17.1. The minimum absolute atomic E-state index is 0.0779. The summed E-state index contributed by atoms with van der Waals surface area (Å²) in [6.07, 6.45) is -0.695. The van der Waals surface area contributed by atoms with Crippen LogP contribution in [0.3, 0.4) is 0 Å². The first kappa shape index (κ1) is 21.1. The average molecular weight is 511 g/mol. The van der Waals surface area contributed by atoms with E-state index in [1.807, 2.05) is 0 Å². The first-order valence-corrected chi connectivity index (χ1v) is 10.6. The molecule has 4 aromatic rings. The highest BCUT2D eigenvalue weighted by Gasteiger charge is 2.51. The van der Waals surface area contributed by atoms with Gasteiger partial charge in [-0.1, -0.05) is 30.3 Å². The molecular formula is C23H16BrFN4O4. The number of anilines is 2. The van der Waals surface area contributed by atoms with Gasteiger partial charge in [0.2, 0.25) is 5.95 Å². The summed E-state index contributed by atoms with van der Waals surface area (Å²) >= 11 is 3.15. The van der Waals surface area contributed by atoms with Crippen molar-refractivity contribution in [1.82, 2.24) is 9.97 Å². The largest absolute Gasteiger partial charge is 0.453 e. The number of hydrogen-bond donors (Lipinski definition) is 3. The minimum Gasteiger partial charge on any atom is -0.453 e. The van der Waals surface area contributed by atoms with Crippen molar-refractivity contribution in [3.8, 4) is 0 Å². The number of imidazole rings is 1. The highest BCUT2D eigenvalue weighted by atomic mass is 79.9. The Labute approximate surface area is 195 Å². The van der Waals surface area contributed by atoms with Crippen LogP contribution in [0, 0.1) is 5.82 Å². The van der Waals surface area contributed by atoms with Crippen LogP contribution < -0.4 is 10.2 Å². The number of carbonyl (C=O) groups is 2. The first-order valence-electron chi connectivity index (χ1n) is 9.80. The van der Waals surface area contributed by atoms with Gasteiger partial charge in [0.25, 0.3) is 5.91 Å². The fourth-order valence-corrected chi connectivity index (χ4v) is 4.38. The summed E-state index contributed by atoms with van der Waals surface area (Å²) in [5.74, 6) is -1.06. The molecule has 1 unspecified atom stereocenters. The molecule has 10 heteroatoms. The number of nitrogens with zero attached hydrogens (tertiary/aromatic N) is 2. The zero-order chi connectivity index (χ0) is 23.3. The number of carbonyl (C=O) groups excluding carboxylic acids is 2. The van der Waals surface area contributed by atoms with Gasteiger partial charge in [-0.2, -0.15) is 0 Å². The van der Waals surface area contributed by atoms with E-state index >= 15 is 4.39 Å². The number of ether oxygens (including phenoxy) is 1. The van der Waals surface area contributed by atoms with Gasteiger partial charge >= 0.3 is 6.09 Å². The van der Waals surface area contributed by atoms with E-state index in [2.05, 4.69) is 36.0 Å². The molecule has 0 aliphatic carbocycles. The maximum Gasteiger partial charge on any atom is 0.413 e. The molecule has 0 bridgehead atoms. The second kappa shape index (κ2) is 7.68. The molecule has 0 saturated carbocycles. The van der Waals surface area contributed by atoms with Gasteiger partial charge in [0.05, 0.1) is 28.3 Å². The molecule has 0 radical (unpaired) electrons. The van der Waals surface area contributed by atoms with Crippen molar-refractivity contribution in [2.75, 3.05) is 17.3 Å². The number of hydrogen-bond acceptors (Lipinski definition) is 5. The summed E-state index contributed by atoms with van der Waals surface area (Å²) in [7, 11) is 1.23. The SMILES string of the molecule is COC(=O)Nc1nc2ccc(C3(O)c4ccccc4C(=O)N3c3cccc(Br)c3F)cc2[nH]1. The van der Waals surface area contributed by atoms with Crippen molar-refractivity contribution < 1.29 is 23.8 Å². The van der Waals surface area contributed by atoms with E-state index in [-0.39, 0.29) is 21.7 Å². The van der Waals surface area contributed by atoms with E-state index in [0.29, 0.717) is 22.2 Å². The van der Waals surface area contributed by atoms with Gasteiger partial charge in [-0.05, 0) is 46.3 Å². The molecule has 0 spiro atoms. The van der Waals surface area contributed by atoms with Crippen molar-refractivity contribution in [2.24, 2.45) is 0 Å². The summed E-state index contributed by atoms with van der Waals surface area (Å²) in [5, 5.41) is 14.5. The summed E-state index contributed by atoms with van der Waals surface area (Å²) in [6, 6.07) is 16.0. The summed E-state index contributed by atoms with van der Waals surface area (Å²) in [5.41, 5.74) is -0.194. The van der Waals surface area contributed by atoms with Crippen molar-refractivity contribution in [3.63, 3.8) is 0 Å². The number of H-pyrrole nitrogens is 1. The maximum absolute atomic E-state index is 15.1. The summed E-state index contributed by atoms with van der Waals surface area (Å²) < 4.78 is 19.8. The lowest BCUT2D eigenvalue weighted by Gasteiger charge is -2.35. The summed E-state index contributed by atoms with van der Waals surface area (Å²) in [4.78, 5) is 33.1. The van der Waals surface area contributed by atoms with Crippen molar-refractivity contribution in [3.05, 3.63) is 87.6 Å². The van der Waals surface area contributed by atoms with Crippen LogP contribution >= 0.6 is 15.9 Å². The van der Waals surface area contributed by atoms with E-state index in [9.17, 15) is 14.7 Å². The Kier molecular flexibility index (Phi) is 4.91. The van der Waals surface area contributed by atoms with Crippen molar-refractivity contribution >= 4 is 50.6 Å². The second-order valence-corrected chi connectivity index (χ2v) is 8.22. The Bertz CT molecular complexity index is 1440. The topological polar surface area (TPSA) is 108 Å². The number of benzene rings is 3. The van der Waals surface area contributed by atoms with Crippen molar-refractivity contribution in [2.45, 2.75) is 5.72 Å². The predicted molar refractivity (Wildman–Crippen MR) is 122 cm³/mol. The molecule has 1 atom stereocenters. The lowest BCUT2D eigenvalue weighted by molar-refractivity contribution is 0.0699. The number of amides is 2. The normalized spacial score (nSPS) is 17.3. The van der Waals surface area contributed by atoms with Gasteiger partial charge in [-0.15, -0.1) is 0 Å². The number of aromatic nitrogens is 2. The molecule has 33 heavy (non-hydrogen) atoms. The highest BCUT2D eigenvalue weighted by Crippen LogP contribution is 2.46. The molecule has 0 saturated heterocycles. The third kappa shape index (κ3) is 3.18. The number of methoxy groups -OCH3 is 1. The average Bonchev–Trinajstić information content (AvgIpc) is 3.32. The van der Waals surface area contributed by atoms with E-state index in [4.69, 9.17) is 0 Å². The predicted octanol–water partition coefficient (Wildman–Crippen LogP) is 4.50. The molecule has 2 heterocycles. The van der Waals surface area contributed by atoms with Crippen LogP contribution in [0.2, 0.25) is 0 Å². The van der Waals surface area contributed by atoms with Crippen LogP contribution in [-0.4, -0.2) is 34.2 Å². The lowest BCUT2D eigenvalue weighted by Crippen LogP contribution is -2.45. The first-order chi connectivity index (χ1) is 15.8. The molecule has 2 amide bonds. The maximum atomic E-state index is 15.1. The van der Waals surface area contributed by atoms with Gasteiger partial charge in [-0.25, -0.2) is 14.2 Å². The Hall–Kier alpha value is -3.76. The Morgan fingerprint density at radius 3 is 2.79 bits per heavy atom. The molecule has 166 valence electrons. The number of rotatable bonds is 3. The van der Waals surface area contributed by atoms with Crippen LogP contribution in [0.5, 0.6) is 0 Å². The smallest absolute Gasteiger partial charge is 0.413 e. The molecule has 3 N–H and O–H groups in total. The van der Waals surface area contributed by atoms with Crippen molar-refractivity contribution in [1.29, 1.82) is 0 Å². The van der Waals surface area contributed by atoms with E-state index in [1.165, 1.54) is 19.2 Å². The molecule has 3 aromatic carbocycles. The number of aliphatic hydroxyl groups is 1. The van der Waals surface area contributed by atoms with Crippen LogP contribution in [-0.2, 0) is 10.5 Å². The number of halogens is 2. The molecular weight excluding hydrogens is 495 g/mol. The third-order valence-corrected chi connectivity index (χ3v) is 6.13. The fraction of sp³-hybridized carbons (Fsp3) is 0.0870. The quantitative estimate of drug-likeness (QED) is 0.376. The number of fused-ring (bicyclic) bond motifs is 2. The zero-order valence-corrected chi connectivity index (χ0v) is 18.7. The molecule has 8 nitrogen and oxygen atoms in total. The van der Waals surface area contributed by atoms with Crippen LogP contribution in [0.1, 0.15) is 21.5 Å². The van der Waals surface area contributed by atoms with E-state index in [0.717, 1.165) is 4.90 Å². The Balaban J connectivity index is 1.70. The molecule has 1 aliphatic rings. The van der Waals surface area contributed by atoms with E-state index in [1.54, 1.807) is 48.5 Å². The van der Waals surface area contributed by atoms with Gasteiger partial charge in [0, 0.05) is 16.7 Å². The van der Waals surface area contributed by atoms with Gasteiger partial charge in [-0.3, -0.25) is 15.0 Å². The van der Waals surface area contributed by atoms with Crippen LogP contribution in [0.25, 0.3) is 11.0 Å². The Morgan fingerprint density at radius 2 is 2.00 bits per heavy atom. The van der Waals surface area contributed by atoms with Gasteiger partial charge in [0.15, 0.2) is 11.5 Å². The standard InChI is InChI=1S/C23H16BrFN4O4/c1-33-22(31)28-21-26-16-10-9-12(11-17(16)27-21)23(32)14-6-3-2-5-13(14)20(30)29(23)18-8-4-7-15(24)19(18)25/h2-11,32H,1H3,(H2,26,27,28,31). The molecule has 1 aromatic heterocycles. The van der Waals surface area contributed by atoms with Gasteiger partial charge in [0.1, 0.15) is 0 Å². The van der Waals surface area contributed by atoms with Crippen LogP contribution in [0.4, 0.5) is 20.8 Å². The Morgan fingerprint density at radius 1 is 1.21 bits per heavy atom. The highest BCUT2D eigenvalue weighted by molar-refractivity contribution is 9.10. The number of aromatic amines is 1. The lowest BCUT2D eigenvalue weighted by atomic mass is 9.93. The fourth-order valence-electron chi connectivity index (χ4n) is 4.03. The molecule has 5 rings (SSSR count). The monoisotopic (exact) mass is 510 g/mol.